The first kappa shape index (κ1) is 29.1. The Kier molecular flexibility index (Phi) is 6.85. The van der Waals surface area contributed by atoms with Crippen LogP contribution in [0.5, 0.6) is 5.75 Å². The molecule has 0 aliphatic heterocycles. The molecular formula is C29H33N5O8. The van der Waals surface area contributed by atoms with E-state index >= 15 is 0 Å². The minimum Gasteiger partial charge on any atom is -0.507 e. The van der Waals surface area contributed by atoms with Crippen molar-refractivity contribution in [2.75, 3.05) is 33.1 Å². The molecule has 6 atom stereocenters. The van der Waals surface area contributed by atoms with Gasteiger partial charge >= 0.3 is 0 Å². The van der Waals surface area contributed by atoms with Crippen molar-refractivity contribution in [3.8, 4) is 5.75 Å². The summed E-state index contributed by atoms with van der Waals surface area (Å²) in [5.41, 5.74) is 9.55. The summed E-state index contributed by atoms with van der Waals surface area (Å²) in [5.74, 6) is -11.6. The number of aromatic hydroxyl groups is 1. The molecule has 0 saturated heterocycles. The average Bonchev–Trinajstić information content (AvgIpc) is 3.36. The summed E-state index contributed by atoms with van der Waals surface area (Å²) < 4.78 is 1.61. The maximum absolute atomic E-state index is 14.1. The molecule has 2 fully saturated rings. The van der Waals surface area contributed by atoms with Crippen LogP contribution in [0.2, 0.25) is 0 Å². The fraction of sp³-hybridized carbons (Fsp3) is 0.448. The first-order chi connectivity index (χ1) is 19.6. The molecular weight excluding hydrogens is 546 g/mol. The lowest BCUT2D eigenvalue weighted by atomic mass is 9.52. The number of phenolic OH excluding ortho intramolecular Hbond substituents is 1. The summed E-state index contributed by atoms with van der Waals surface area (Å²) in [6.07, 6.45) is 3.22. The Hall–Kier alpha value is -4.36. The SMILES string of the molecule is CN(C)c1cc(Cn2ccc(C(N)=O)c2)c(O)c2c1C[C@H]1C[C@H]3[C@H](N(C)C)C(=O)C(C(N)=O)C(=O)[C@@]3(O)C(=O)C1C2=O. The number of amides is 2. The Morgan fingerprint density at radius 2 is 1.76 bits per heavy atom. The van der Waals surface area contributed by atoms with Crippen LogP contribution >= 0.6 is 0 Å². The van der Waals surface area contributed by atoms with Gasteiger partial charge in [-0.1, -0.05) is 0 Å². The Morgan fingerprint density at radius 1 is 1.10 bits per heavy atom. The number of nitrogens with zero attached hydrogens (tertiary/aromatic N) is 3. The molecule has 222 valence electrons. The van der Waals surface area contributed by atoms with Crippen molar-refractivity contribution in [1.82, 2.24) is 9.47 Å². The molecule has 2 aromatic rings. The van der Waals surface area contributed by atoms with Gasteiger partial charge in [-0.3, -0.25) is 33.7 Å². The van der Waals surface area contributed by atoms with Crippen LogP contribution in [0.3, 0.4) is 0 Å². The number of primary amides is 2. The molecule has 2 unspecified atom stereocenters. The van der Waals surface area contributed by atoms with Crippen molar-refractivity contribution in [1.29, 1.82) is 0 Å². The normalized spacial score (nSPS) is 28.8. The lowest BCUT2D eigenvalue weighted by Crippen LogP contribution is -2.74. The van der Waals surface area contributed by atoms with Crippen LogP contribution < -0.4 is 16.4 Å². The molecule has 5 rings (SSSR count). The number of carbonyl (C=O) groups excluding carboxylic acids is 6. The third kappa shape index (κ3) is 4.06. The van der Waals surface area contributed by atoms with E-state index in [1.165, 1.54) is 31.3 Å². The number of Topliss-reactive ketones (excluding diaryl/α,β-unsaturated/α-hetero) is 4. The number of ketones is 4. The standard InChI is InChI=1S/C29H33N5O8/c1-32(2)17-9-14(11-34-6-5-12(10-34)27(30)40)22(35)19-15(17)7-13-8-16-21(33(3)4)24(37)20(28(31)41)26(39)29(16,42)25(38)18(13)23(19)36/h5-6,9-10,13,16,18,20-21,35,42H,7-8,11H2,1-4H3,(H2,30,40)(H2,31,41)/t13-,16-,18?,20?,21-,29-/m0/s1. The summed E-state index contributed by atoms with van der Waals surface area (Å²) >= 11 is 0. The van der Waals surface area contributed by atoms with Crippen LogP contribution in [0, 0.1) is 23.7 Å². The first-order valence-electron chi connectivity index (χ1n) is 13.5. The number of hydrogen-bond acceptors (Lipinski definition) is 10. The van der Waals surface area contributed by atoms with Crippen molar-refractivity contribution in [2.45, 2.75) is 31.0 Å². The van der Waals surface area contributed by atoms with Crippen LogP contribution in [0.4, 0.5) is 5.69 Å². The number of phenols is 1. The van der Waals surface area contributed by atoms with Gasteiger partial charge in [-0.15, -0.1) is 0 Å². The third-order valence-electron chi connectivity index (χ3n) is 8.99. The molecule has 1 aromatic carbocycles. The summed E-state index contributed by atoms with van der Waals surface area (Å²) in [6, 6.07) is 2.08. The van der Waals surface area contributed by atoms with Crippen LogP contribution in [-0.4, -0.2) is 94.5 Å². The number of aliphatic hydroxyl groups is 1. The average molecular weight is 580 g/mol. The molecule has 2 saturated carbocycles. The molecule has 1 aromatic heterocycles. The second-order valence-electron chi connectivity index (χ2n) is 11.9. The fourth-order valence-corrected chi connectivity index (χ4v) is 7.11. The number of likely N-dealkylation sites (N-methyl/N-ethyl adjacent to an activating group) is 1. The van der Waals surface area contributed by atoms with Crippen LogP contribution in [0.15, 0.2) is 24.5 Å². The minimum atomic E-state index is -2.79. The highest BCUT2D eigenvalue weighted by atomic mass is 16.3. The molecule has 2 amide bonds. The van der Waals surface area contributed by atoms with Crippen molar-refractivity contribution >= 4 is 40.6 Å². The lowest BCUT2D eigenvalue weighted by Gasteiger charge is -2.52. The summed E-state index contributed by atoms with van der Waals surface area (Å²) in [4.78, 5) is 81.8. The van der Waals surface area contributed by atoms with Gasteiger partial charge in [-0.05, 0) is 50.6 Å². The predicted molar refractivity (Wildman–Crippen MR) is 148 cm³/mol. The molecule has 0 spiro atoms. The number of carbonyl (C=O) groups is 6. The third-order valence-corrected chi connectivity index (χ3v) is 8.99. The fourth-order valence-electron chi connectivity index (χ4n) is 7.11. The van der Waals surface area contributed by atoms with Gasteiger partial charge in [0.05, 0.1) is 29.6 Å². The van der Waals surface area contributed by atoms with E-state index in [4.69, 9.17) is 11.5 Å². The molecule has 6 N–H and O–H groups in total. The smallest absolute Gasteiger partial charge is 0.250 e. The van der Waals surface area contributed by atoms with Gasteiger partial charge in [0, 0.05) is 43.7 Å². The molecule has 13 nitrogen and oxygen atoms in total. The van der Waals surface area contributed by atoms with Crippen molar-refractivity contribution < 1.29 is 39.0 Å². The topological polar surface area (TPSA) is 206 Å². The molecule has 0 radical (unpaired) electrons. The minimum absolute atomic E-state index is 0.0292. The zero-order valence-electron chi connectivity index (χ0n) is 23.7. The van der Waals surface area contributed by atoms with E-state index in [0.29, 0.717) is 16.8 Å². The number of rotatable bonds is 6. The van der Waals surface area contributed by atoms with Crippen LogP contribution in [0.25, 0.3) is 0 Å². The van der Waals surface area contributed by atoms with E-state index in [0.717, 1.165) is 0 Å². The molecule has 1 heterocycles. The second kappa shape index (κ2) is 9.88. The molecule has 0 bridgehead atoms. The number of aromatic nitrogens is 1. The Labute approximate surface area is 241 Å². The number of fused-ring (bicyclic) bond motifs is 3. The predicted octanol–water partition coefficient (Wildman–Crippen LogP) is -1.12. The number of hydrogen-bond donors (Lipinski definition) is 4. The van der Waals surface area contributed by atoms with Crippen molar-refractivity contribution in [3.05, 3.63) is 46.8 Å². The van der Waals surface area contributed by atoms with Crippen LogP contribution in [-0.2, 0) is 32.1 Å². The van der Waals surface area contributed by atoms with Gasteiger partial charge in [0.2, 0.25) is 11.8 Å². The van der Waals surface area contributed by atoms with E-state index in [2.05, 4.69) is 0 Å². The number of nitrogens with two attached hydrogens (primary N) is 2. The van der Waals surface area contributed by atoms with E-state index in [1.54, 1.807) is 35.8 Å². The van der Waals surface area contributed by atoms with E-state index in [-0.39, 0.29) is 36.3 Å². The molecule has 42 heavy (non-hydrogen) atoms. The summed E-state index contributed by atoms with van der Waals surface area (Å²) in [7, 11) is 6.61. The number of benzene rings is 1. The Morgan fingerprint density at radius 3 is 2.31 bits per heavy atom. The Bertz CT molecular complexity index is 1580. The van der Waals surface area contributed by atoms with Gasteiger partial charge in [0.1, 0.15) is 5.75 Å². The zero-order chi connectivity index (χ0) is 31.0. The van der Waals surface area contributed by atoms with E-state index < -0.39 is 70.3 Å². The highest BCUT2D eigenvalue weighted by Crippen LogP contribution is 2.52. The second-order valence-corrected chi connectivity index (χ2v) is 11.9. The van der Waals surface area contributed by atoms with Crippen molar-refractivity contribution in [2.24, 2.45) is 35.1 Å². The molecule has 13 heteroatoms. The zero-order valence-corrected chi connectivity index (χ0v) is 23.7. The largest absolute Gasteiger partial charge is 0.507 e. The first-order valence-corrected chi connectivity index (χ1v) is 13.5. The number of anilines is 1. The summed E-state index contributed by atoms with van der Waals surface area (Å²) in [6.45, 7) is 0.0694. The van der Waals surface area contributed by atoms with Gasteiger partial charge < -0.3 is 31.1 Å². The van der Waals surface area contributed by atoms with E-state index in [1.807, 2.05) is 0 Å². The maximum Gasteiger partial charge on any atom is 0.250 e. The maximum atomic E-state index is 14.1. The quantitative estimate of drug-likeness (QED) is 0.303. The van der Waals surface area contributed by atoms with Crippen LogP contribution in [0.1, 0.15) is 38.3 Å². The lowest BCUT2D eigenvalue weighted by molar-refractivity contribution is -0.181. The monoisotopic (exact) mass is 579 g/mol. The highest BCUT2D eigenvalue weighted by Gasteiger charge is 2.69. The Balaban J connectivity index is 1.63. The molecule has 3 aliphatic rings. The molecule has 3 aliphatic carbocycles. The van der Waals surface area contributed by atoms with Gasteiger partial charge in [-0.25, -0.2) is 0 Å². The van der Waals surface area contributed by atoms with Gasteiger partial charge in [0.15, 0.2) is 34.7 Å². The van der Waals surface area contributed by atoms with E-state index in [9.17, 15) is 39.0 Å². The highest BCUT2D eigenvalue weighted by molar-refractivity contribution is 6.32. The van der Waals surface area contributed by atoms with Gasteiger partial charge in [-0.2, -0.15) is 0 Å². The van der Waals surface area contributed by atoms with Crippen molar-refractivity contribution in [3.63, 3.8) is 0 Å². The summed E-state index contributed by atoms with van der Waals surface area (Å²) in [5, 5.41) is 23.1. The van der Waals surface area contributed by atoms with Gasteiger partial charge in [0.25, 0.3) is 0 Å².